The normalized spacial score (nSPS) is 10.2. The minimum absolute atomic E-state index is 0.238. The van der Waals surface area contributed by atoms with Crippen LogP contribution in [0, 0.1) is 5.82 Å². The number of ether oxygens (including phenoxy) is 1. The summed E-state index contributed by atoms with van der Waals surface area (Å²) in [5.74, 6) is -0.309. The smallest absolute Gasteiger partial charge is 0.229 e. The van der Waals surface area contributed by atoms with E-state index in [1.165, 1.54) is 12.1 Å². The standard InChI is InChI=1S/C19H21FN2O3/c1-25-17-5-3-2-4-15(17)13-22-19(24)12-18(23)21-11-10-14-6-8-16(20)9-7-14/h2-9H,10-13H2,1H3,(H,21,23)(H,22,24). The van der Waals surface area contributed by atoms with Crippen LogP contribution < -0.4 is 15.4 Å². The van der Waals surface area contributed by atoms with Gasteiger partial charge in [0.25, 0.3) is 0 Å². The second kappa shape index (κ2) is 9.42. The van der Waals surface area contributed by atoms with E-state index in [-0.39, 0.29) is 24.1 Å². The zero-order valence-corrected chi connectivity index (χ0v) is 14.0. The summed E-state index contributed by atoms with van der Waals surface area (Å²) < 4.78 is 18.0. The van der Waals surface area contributed by atoms with Gasteiger partial charge in [0.2, 0.25) is 11.8 Å². The van der Waals surface area contributed by atoms with Crippen molar-refractivity contribution in [3.63, 3.8) is 0 Å². The van der Waals surface area contributed by atoms with Gasteiger partial charge in [-0.1, -0.05) is 30.3 Å². The molecule has 0 heterocycles. The van der Waals surface area contributed by atoms with Crippen LogP contribution in [-0.2, 0) is 22.6 Å². The van der Waals surface area contributed by atoms with Crippen molar-refractivity contribution in [3.05, 3.63) is 65.5 Å². The maximum Gasteiger partial charge on any atom is 0.229 e. The van der Waals surface area contributed by atoms with E-state index in [0.29, 0.717) is 25.3 Å². The molecule has 25 heavy (non-hydrogen) atoms. The highest BCUT2D eigenvalue weighted by Gasteiger charge is 2.10. The second-order valence-corrected chi connectivity index (χ2v) is 5.49. The van der Waals surface area contributed by atoms with Crippen LogP contribution in [0.1, 0.15) is 17.5 Å². The van der Waals surface area contributed by atoms with E-state index < -0.39 is 0 Å². The van der Waals surface area contributed by atoms with Crippen LogP contribution in [0.4, 0.5) is 4.39 Å². The lowest BCUT2D eigenvalue weighted by Crippen LogP contribution is -2.32. The molecule has 6 heteroatoms. The lowest BCUT2D eigenvalue weighted by molar-refractivity contribution is -0.129. The van der Waals surface area contributed by atoms with Crippen LogP contribution in [0.3, 0.4) is 0 Å². The number of nitrogens with one attached hydrogen (secondary N) is 2. The van der Waals surface area contributed by atoms with Crippen molar-refractivity contribution in [2.45, 2.75) is 19.4 Å². The number of amides is 2. The Morgan fingerprint density at radius 3 is 2.40 bits per heavy atom. The van der Waals surface area contributed by atoms with E-state index in [2.05, 4.69) is 10.6 Å². The zero-order valence-electron chi connectivity index (χ0n) is 14.0. The van der Waals surface area contributed by atoms with Crippen LogP contribution in [0.2, 0.25) is 0 Å². The third-order valence-electron chi connectivity index (χ3n) is 3.64. The summed E-state index contributed by atoms with van der Waals surface area (Å²) in [7, 11) is 1.56. The molecule has 2 amide bonds. The Bertz CT molecular complexity index is 717. The summed E-state index contributed by atoms with van der Waals surface area (Å²) >= 11 is 0. The maximum absolute atomic E-state index is 12.8. The third kappa shape index (κ3) is 6.25. The molecule has 5 nitrogen and oxygen atoms in total. The summed E-state index contributed by atoms with van der Waals surface area (Å²) in [6.45, 7) is 0.690. The molecule has 0 bridgehead atoms. The van der Waals surface area contributed by atoms with Gasteiger partial charge in [-0.2, -0.15) is 0 Å². The van der Waals surface area contributed by atoms with Gasteiger partial charge in [-0.25, -0.2) is 4.39 Å². The average molecular weight is 344 g/mol. The third-order valence-corrected chi connectivity index (χ3v) is 3.64. The van der Waals surface area contributed by atoms with Crippen LogP contribution in [0.5, 0.6) is 5.75 Å². The summed E-state index contributed by atoms with van der Waals surface area (Å²) in [6, 6.07) is 13.4. The molecule has 2 aromatic rings. The molecule has 0 aliphatic rings. The lowest BCUT2D eigenvalue weighted by Gasteiger charge is -2.10. The van der Waals surface area contributed by atoms with Gasteiger partial charge in [-0.15, -0.1) is 0 Å². The Morgan fingerprint density at radius 1 is 1.00 bits per heavy atom. The van der Waals surface area contributed by atoms with E-state index in [4.69, 9.17) is 4.74 Å². The molecule has 0 spiro atoms. The highest BCUT2D eigenvalue weighted by atomic mass is 19.1. The molecule has 2 aromatic carbocycles. The fourth-order valence-corrected chi connectivity index (χ4v) is 2.31. The fraction of sp³-hybridized carbons (Fsp3) is 0.263. The number of hydrogen-bond donors (Lipinski definition) is 2. The van der Waals surface area contributed by atoms with E-state index in [1.54, 1.807) is 19.2 Å². The molecule has 0 unspecified atom stereocenters. The maximum atomic E-state index is 12.8. The van der Waals surface area contributed by atoms with Crippen molar-refractivity contribution < 1.29 is 18.7 Å². The van der Waals surface area contributed by atoms with Crippen LogP contribution >= 0.6 is 0 Å². The summed E-state index contributed by atoms with van der Waals surface area (Å²) in [4.78, 5) is 23.6. The first-order valence-electron chi connectivity index (χ1n) is 7.98. The molecule has 0 aliphatic heterocycles. The molecule has 2 N–H and O–H groups in total. The number of carbonyl (C=O) groups is 2. The molecule has 0 saturated carbocycles. The van der Waals surface area contributed by atoms with E-state index in [9.17, 15) is 14.0 Å². The van der Waals surface area contributed by atoms with Crippen LogP contribution in [-0.4, -0.2) is 25.5 Å². The average Bonchev–Trinajstić information content (AvgIpc) is 2.62. The van der Waals surface area contributed by atoms with E-state index >= 15 is 0 Å². The first-order chi connectivity index (χ1) is 12.1. The number of carbonyl (C=O) groups excluding carboxylic acids is 2. The number of rotatable bonds is 8. The SMILES string of the molecule is COc1ccccc1CNC(=O)CC(=O)NCCc1ccc(F)cc1. The number of methoxy groups -OCH3 is 1. The Morgan fingerprint density at radius 2 is 1.68 bits per heavy atom. The second-order valence-electron chi connectivity index (χ2n) is 5.49. The summed E-state index contributed by atoms with van der Waals surface area (Å²) in [5.41, 5.74) is 1.76. The molecule has 0 fully saturated rings. The molecule has 0 radical (unpaired) electrons. The minimum Gasteiger partial charge on any atom is -0.496 e. The van der Waals surface area contributed by atoms with Crippen molar-refractivity contribution in [1.82, 2.24) is 10.6 Å². The predicted molar refractivity (Wildman–Crippen MR) is 92.6 cm³/mol. The lowest BCUT2D eigenvalue weighted by atomic mass is 10.1. The van der Waals surface area contributed by atoms with Gasteiger partial charge in [0.15, 0.2) is 0 Å². The fourth-order valence-electron chi connectivity index (χ4n) is 2.31. The summed E-state index contributed by atoms with van der Waals surface area (Å²) in [6.07, 6.45) is 0.341. The predicted octanol–water partition coefficient (Wildman–Crippen LogP) is 2.20. The molecule has 2 rings (SSSR count). The molecule has 0 saturated heterocycles. The van der Waals surface area contributed by atoms with Gasteiger partial charge in [0.05, 0.1) is 7.11 Å². The van der Waals surface area contributed by atoms with E-state index in [0.717, 1.165) is 11.1 Å². The largest absolute Gasteiger partial charge is 0.496 e. The molecular weight excluding hydrogens is 323 g/mol. The zero-order chi connectivity index (χ0) is 18.1. The van der Waals surface area contributed by atoms with Crippen LogP contribution in [0.25, 0.3) is 0 Å². The molecule has 0 aliphatic carbocycles. The van der Waals surface area contributed by atoms with Gasteiger partial charge in [-0.05, 0) is 30.2 Å². The highest BCUT2D eigenvalue weighted by molar-refractivity contribution is 5.96. The van der Waals surface area contributed by atoms with E-state index in [1.807, 2.05) is 24.3 Å². The van der Waals surface area contributed by atoms with Gasteiger partial charge in [0.1, 0.15) is 18.0 Å². The van der Waals surface area contributed by atoms with Gasteiger partial charge >= 0.3 is 0 Å². The Hall–Kier alpha value is -2.89. The Labute approximate surface area is 146 Å². The Balaban J connectivity index is 1.69. The monoisotopic (exact) mass is 344 g/mol. The Kier molecular flexibility index (Phi) is 6.95. The molecule has 0 atom stereocenters. The van der Waals surface area contributed by atoms with Crippen molar-refractivity contribution in [1.29, 1.82) is 0 Å². The van der Waals surface area contributed by atoms with Gasteiger partial charge < -0.3 is 15.4 Å². The van der Waals surface area contributed by atoms with Crippen molar-refractivity contribution in [3.8, 4) is 5.75 Å². The van der Waals surface area contributed by atoms with Gasteiger partial charge in [0, 0.05) is 18.7 Å². The topological polar surface area (TPSA) is 67.4 Å². The molecular formula is C19H21FN2O3. The van der Waals surface area contributed by atoms with Crippen molar-refractivity contribution >= 4 is 11.8 Å². The number of benzene rings is 2. The number of hydrogen-bond acceptors (Lipinski definition) is 3. The van der Waals surface area contributed by atoms with Gasteiger partial charge in [-0.3, -0.25) is 9.59 Å². The van der Waals surface area contributed by atoms with Crippen molar-refractivity contribution in [2.75, 3.05) is 13.7 Å². The number of para-hydroxylation sites is 1. The highest BCUT2D eigenvalue weighted by Crippen LogP contribution is 2.16. The number of halogens is 1. The van der Waals surface area contributed by atoms with Crippen molar-refractivity contribution in [2.24, 2.45) is 0 Å². The molecule has 132 valence electrons. The first-order valence-corrected chi connectivity index (χ1v) is 7.98. The first kappa shape index (κ1) is 18.4. The molecule has 0 aromatic heterocycles. The van der Waals surface area contributed by atoms with Crippen LogP contribution in [0.15, 0.2) is 48.5 Å². The summed E-state index contributed by atoms with van der Waals surface area (Å²) in [5, 5.41) is 5.38. The quantitative estimate of drug-likeness (QED) is 0.722. The minimum atomic E-state index is -0.356.